The van der Waals surface area contributed by atoms with Gasteiger partial charge in [-0.25, -0.2) is 0 Å². The van der Waals surface area contributed by atoms with Gasteiger partial charge in [0, 0.05) is 30.4 Å². The van der Waals surface area contributed by atoms with Crippen LogP contribution in [0.3, 0.4) is 0 Å². The average Bonchev–Trinajstić information content (AvgIpc) is 3.08. The number of pyridine rings is 1. The summed E-state index contributed by atoms with van der Waals surface area (Å²) in [6.07, 6.45) is -3.02. The molecule has 138 valence electrons. The van der Waals surface area contributed by atoms with Crippen molar-refractivity contribution in [1.82, 2.24) is 4.98 Å². The third kappa shape index (κ3) is 3.97. The summed E-state index contributed by atoms with van der Waals surface area (Å²) >= 11 is 0. The second-order valence-electron chi connectivity index (χ2n) is 6.15. The largest absolute Gasteiger partial charge is 0.417 e. The molecule has 0 amide bonds. The van der Waals surface area contributed by atoms with Gasteiger partial charge in [-0.05, 0) is 43.3 Å². The maximum atomic E-state index is 12.6. The normalized spacial score (nSPS) is 15.2. The molecule has 2 heterocycles. The highest BCUT2D eigenvalue weighted by molar-refractivity contribution is 6.02. The lowest BCUT2D eigenvalue weighted by molar-refractivity contribution is -0.137. The molecule has 0 N–H and O–H groups in total. The predicted octanol–water partition coefficient (Wildman–Crippen LogP) is 4.18. The molecule has 2 aromatic rings. The van der Waals surface area contributed by atoms with Crippen LogP contribution in [0.4, 0.5) is 18.9 Å². The van der Waals surface area contributed by atoms with Crippen LogP contribution >= 0.6 is 0 Å². The zero-order chi connectivity index (χ0) is 19.6. The fraction of sp³-hybridized carbons (Fsp3) is 0.263. The third-order valence-electron chi connectivity index (χ3n) is 4.23. The van der Waals surface area contributed by atoms with Gasteiger partial charge in [0.05, 0.1) is 23.0 Å². The average molecular weight is 372 g/mol. The number of nitriles is 1. The van der Waals surface area contributed by atoms with Crippen LogP contribution in [0.5, 0.6) is 0 Å². The zero-order valence-corrected chi connectivity index (χ0v) is 14.4. The number of halogens is 3. The van der Waals surface area contributed by atoms with Crippen molar-refractivity contribution < 1.29 is 18.0 Å². The molecule has 0 bridgehead atoms. The quantitative estimate of drug-likeness (QED) is 0.755. The lowest BCUT2D eigenvalue weighted by Gasteiger charge is -2.14. The minimum atomic E-state index is -4.52. The van der Waals surface area contributed by atoms with Crippen molar-refractivity contribution in [2.75, 3.05) is 11.6 Å². The molecular weight excluding hydrogens is 357 g/mol. The topological polar surface area (TPSA) is 69.3 Å². The Labute approximate surface area is 153 Å². The number of hydrazone groups is 1. The van der Waals surface area contributed by atoms with Crippen LogP contribution in [0, 0.1) is 11.3 Å². The molecule has 1 unspecified atom stereocenters. The van der Waals surface area contributed by atoms with Gasteiger partial charge in [-0.1, -0.05) is 0 Å². The smallest absolute Gasteiger partial charge is 0.292 e. The van der Waals surface area contributed by atoms with Crippen LogP contribution in [-0.2, 0) is 6.18 Å². The Morgan fingerprint density at radius 3 is 2.41 bits per heavy atom. The van der Waals surface area contributed by atoms with E-state index in [1.54, 1.807) is 24.3 Å². The van der Waals surface area contributed by atoms with E-state index in [-0.39, 0.29) is 11.3 Å². The van der Waals surface area contributed by atoms with Gasteiger partial charge < -0.3 is 0 Å². The molecule has 1 aliphatic rings. The van der Waals surface area contributed by atoms with Crippen molar-refractivity contribution in [1.29, 1.82) is 5.26 Å². The summed E-state index contributed by atoms with van der Waals surface area (Å²) in [5.74, 6) is -1.79. The number of alkyl halides is 3. The van der Waals surface area contributed by atoms with Crippen molar-refractivity contribution in [3.8, 4) is 6.07 Å². The highest BCUT2D eigenvalue weighted by atomic mass is 19.4. The van der Waals surface area contributed by atoms with E-state index in [0.29, 0.717) is 6.20 Å². The van der Waals surface area contributed by atoms with Crippen molar-refractivity contribution in [3.63, 3.8) is 0 Å². The summed E-state index contributed by atoms with van der Waals surface area (Å²) in [5, 5.41) is 15.5. The lowest BCUT2D eigenvalue weighted by Crippen LogP contribution is -2.15. The van der Waals surface area contributed by atoms with Gasteiger partial charge >= 0.3 is 6.18 Å². The Morgan fingerprint density at radius 1 is 1.22 bits per heavy atom. The second-order valence-corrected chi connectivity index (χ2v) is 6.15. The molecule has 27 heavy (non-hydrogen) atoms. The summed E-state index contributed by atoms with van der Waals surface area (Å²) in [4.78, 5) is 16.3. The number of nitrogens with zero attached hydrogens (tertiary/aromatic N) is 4. The van der Waals surface area contributed by atoms with Gasteiger partial charge in [0.25, 0.3) is 0 Å². The number of carbonyl (C=O) groups excluding carboxylic acids is 1. The van der Waals surface area contributed by atoms with Gasteiger partial charge in [-0.2, -0.15) is 23.5 Å². The minimum absolute atomic E-state index is 0.0145. The Kier molecular flexibility index (Phi) is 4.95. The summed E-state index contributed by atoms with van der Waals surface area (Å²) in [6.45, 7) is 2.70. The fourth-order valence-electron chi connectivity index (χ4n) is 2.73. The summed E-state index contributed by atoms with van der Waals surface area (Å²) < 4.78 is 37.9. The van der Waals surface area contributed by atoms with Gasteiger partial charge in [0.1, 0.15) is 0 Å². The number of hydrogen-bond donors (Lipinski definition) is 0. The first kappa shape index (κ1) is 18.6. The minimum Gasteiger partial charge on any atom is -0.292 e. The number of hydrogen-bond acceptors (Lipinski definition) is 5. The number of rotatable bonds is 4. The van der Waals surface area contributed by atoms with Gasteiger partial charge in [0.2, 0.25) is 0 Å². The molecule has 8 heteroatoms. The molecular formula is C19H15F3N4O. The number of anilines is 1. The van der Waals surface area contributed by atoms with Crippen molar-refractivity contribution in [3.05, 3.63) is 59.4 Å². The van der Waals surface area contributed by atoms with E-state index in [9.17, 15) is 23.2 Å². The van der Waals surface area contributed by atoms with Crippen LogP contribution in [0.15, 0.2) is 47.7 Å². The molecule has 0 saturated heterocycles. The molecule has 1 aromatic heterocycles. The zero-order valence-electron chi connectivity index (χ0n) is 14.4. The predicted molar refractivity (Wildman–Crippen MR) is 93.4 cm³/mol. The van der Waals surface area contributed by atoms with E-state index in [4.69, 9.17) is 0 Å². The van der Waals surface area contributed by atoms with Crippen molar-refractivity contribution in [2.24, 2.45) is 5.10 Å². The number of aromatic nitrogens is 1. The van der Waals surface area contributed by atoms with E-state index >= 15 is 0 Å². The van der Waals surface area contributed by atoms with E-state index in [1.165, 1.54) is 0 Å². The summed E-state index contributed by atoms with van der Waals surface area (Å²) in [7, 11) is 0. The summed E-state index contributed by atoms with van der Waals surface area (Å²) in [6, 6.07) is 10.3. The lowest BCUT2D eigenvalue weighted by atomic mass is 9.95. The van der Waals surface area contributed by atoms with Crippen LogP contribution in [0.25, 0.3) is 0 Å². The molecule has 1 aliphatic heterocycles. The highest BCUT2D eigenvalue weighted by Gasteiger charge is 2.31. The monoisotopic (exact) mass is 372 g/mol. The standard InChI is InChI=1S/C19H15F3N4O/c1-12-8-9-26(25-12)15-5-2-13(3-6-15)18(27)16(10-23)17-7-4-14(11-24-17)19(20,21)22/h2-7,11,16H,8-9H2,1H3. The molecule has 1 atom stereocenters. The van der Waals surface area contributed by atoms with E-state index in [2.05, 4.69) is 10.1 Å². The third-order valence-corrected chi connectivity index (χ3v) is 4.23. The van der Waals surface area contributed by atoms with Crippen LogP contribution in [0.1, 0.15) is 40.9 Å². The first-order chi connectivity index (χ1) is 12.8. The molecule has 0 aliphatic carbocycles. The first-order valence-corrected chi connectivity index (χ1v) is 8.18. The first-order valence-electron chi connectivity index (χ1n) is 8.18. The van der Waals surface area contributed by atoms with E-state index < -0.39 is 23.4 Å². The van der Waals surface area contributed by atoms with Crippen LogP contribution < -0.4 is 5.01 Å². The van der Waals surface area contributed by atoms with E-state index in [1.807, 2.05) is 18.0 Å². The Hall–Kier alpha value is -3.21. The summed E-state index contributed by atoms with van der Waals surface area (Å²) in [5.41, 5.74) is 1.19. The molecule has 3 rings (SSSR count). The maximum absolute atomic E-state index is 12.6. The van der Waals surface area contributed by atoms with Gasteiger partial charge in [-0.15, -0.1) is 0 Å². The van der Waals surface area contributed by atoms with E-state index in [0.717, 1.165) is 36.5 Å². The molecule has 0 radical (unpaired) electrons. The Balaban J connectivity index is 1.80. The molecule has 0 saturated carbocycles. The van der Waals surface area contributed by atoms with Gasteiger partial charge in [-0.3, -0.25) is 14.8 Å². The Bertz CT molecular complexity index is 912. The molecule has 5 nitrogen and oxygen atoms in total. The molecule has 1 aromatic carbocycles. The molecule has 0 fully saturated rings. The fourth-order valence-corrected chi connectivity index (χ4v) is 2.73. The van der Waals surface area contributed by atoms with Gasteiger partial charge in [0.15, 0.2) is 11.7 Å². The number of Topliss-reactive ketones (excluding diaryl/α,β-unsaturated/α-hetero) is 1. The van der Waals surface area contributed by atoms with Crippen LogP contribution in [0.2, 0.25) is 0 Å². The second kappa shape index (κ2) is 7.19. The SMILES string of the molecule is CC1=NN(c2ccc(C(=O)C(C#N)c3ccc(C(F)(F)F)cn3)cc2)CC1. The van der Waals surface area contributed by atoms with Crippen molar-refractivity contribution in [2.45, 2.75) is 25.4 Å². The maximum Gasteiger partial charge on any atom is 0.417 e. The number of ketones is 1. The Morgan fingerprint density at radius 2 is 1.93 bits per heavy atom. The number of carbonyl (C=O) groups is 1. The van der Waals surface area contributed by atoms with Crippen LogP contribution in [-0.4, -0.2) is 23.0 Å². The number of benzene rings is 1. The van der Waals surface area contributed by atoms with Crippen molar-refractivity contribution >= 4 is 17.2 Å². The molecule has 0 spiro atoms. The highest BCUT2D eigenvalue weighted by Crippen LogP contribution is 2.30.